The number of alkyl halides is 18. The second kappa shape index (κ2) is 37.6. The third-order valence-corrected chi connectivity index (χ3v) is 31.4. The van der Waals surface area contributed by atoms with Gasteiger partial charge in [-0.05, 0) is 256 Å². The molecule has 0 heterocycles. The molecule has 0 aliphatic heterocycles. The van der Waals surface area contributed by atoms with Gasteiger partial charge in [-0.1, -0.05) is 0 Å². The summed E-state index contributed by atoms with van der Waals surface area (Å²) >= 11 is -5.06. The molecule has 5 N–H and O–H groups in total. The van der Waals surface area contributed by atoms with Gasteiger partial charge in [-0.25, -0.2) is 32.8 Å². The minimum atomic E-state index is -6.18. The molecular weight excluding hydrogens is 1820 g/mol. The number of hydrogen-bond acceptors (Lipinski definition) is 35. The molecule has 20 aliphatic carbocycles. The molecule has 0 aromatic rings. The first-order chi connectivity index (χ1) is 57.1. The second-order valence-electron chi connectivity index (χ2n) is 37.2. The summed E-state index contributed by atoms with van der Waals surface area (Å²) < 4.78 is 274. The van der Waals surface area contributed by atoms with Crippen molar-refractivity contribution in [3.63, 3.8) is 0 Å². The van der Waals surface area contributed by atoms with Gasteiger partial charge in [0.25, 0.3) is 0 Å². The molecule has 20 bridgehead atoms. The van der Waals surface area contributed by atoms with Crippen LogP contribution in [0, 0.1) is 104 Å². The summed E-state index contributed by atoms with van der Waals surface area (Å²) in [7, 11) is 0. The number of hydrogen-bond donors (Lipinski definition) is 5. The zero-order chi connectivity index (χ0) is 90.7. The average Bonchev–Trinajstić information content (AvgIpc) is 0.743. The monoisotopic (exact) mass is 1910 g/mol. The lowest BCUT2D eigenvalue weighted by Gasteiger charge is -2.61. The van der Waals surface area contributed by atoms with Crippen LogP contribution >= 0.6 is 60.2 Å². The normalized spacial score (nSPS) is 38.4. The lowest BCUT2D eigenvalue weighted by molar-refractivity contribution is -0.777. The molecule has 123 heavy (non-hydrogen) atoms. The third kappa shape index (κ3) is 21.7. The number of aliphatic hydroxyl groups excluding tert-OH is 3. The van der Waals surface area contributed by atoms with E-state index < -0.39 is 192 Å². The molecule has 53 heteroatoms. The van der Waals surface area contributed by atoms with Crippen molar-refractivity contribution in [3.05, 3.63) is 0 Å². The van der Waals surface area contributed by atoms with Gasteiger partial charge < -0.3 is 75.5 Å². The van der Waals surface area contributed by atoms with E-state index in [0.29, 0.717) is 132 Å². The lowest BCUT2D eigenvalue weighted by Crippen LogP contribution is -2.62. The van der Waals surface area contributed by atoms with Crippen LogP contribution in [-0.4, -0.2) is 168 Å². The largest absolute Gasteiger partial charge is 0.691 e. The molecule has 0 aromatic heterocycles. The molecule has 0 amide bonds. The summed E-state index contributed by atoms with van der Waals surface area (Å²) in [6.07, 6.45) is -4.63. The fourth-order valence-electron chi connectivity index (χ4n) is 25.7. The van der Waals surface area contributed by atoms with E-state index in [1.807, 2.05) is 0 Å². The van der Waals surface area contributed by atoms with Crippen LogP contribution in [0.4, 0.5) is 79.0 Å². The van der Waals surface area contributed by atoms with Crippen LogP contribution in [0.15, 0.2) is 0 Å². The van der Waals surface area contributed by atoms with Crippen molar-refractivity contribution < 1.29 is 225 Å². The first-order valence-corrected chi connectivity index (χ1v) is 42.7. The highest BCUT2D eigenvalue weighted by atomic mass is 32.2. The van der Waals surface area contributed by atoms with Crippen LogP contribution < -0.4 is 26.3 Å². The number of ether oxygens (including phenoxy) is 5. The van der Waals surface area contributed by atoms with Crippen LogP contribution in [0.25, 0.3) is 0 Å². The maximum Gasteiger partial charge on any atom is 0.446 e. The van der Waals surface area contributed by atoms with E-state index in [-0.39, 0.29) is 91.2 Å². The first kappa shape index (κ1) is 101. The molecule has 0 radical (unpaired) electrons. The van der Waals surface area contributed by atoms with Crippen LogP contribution in [0.3, 0.4) is 0 Å². The van der Waals surface area contributed by atoms with Crippen molar-refractivity contribution in [2.75, 3.05) is 39.6 Å². The SMILES string of the molecule is O=C(OCC12CC3CC(C1)C(O)C(C3)C2)C(F)(F)SOO[O-].O=C(OCC12CC3CC(CC(C3)C1O)C2)C(F)(F)SOO[O-].O=C(OCC12CC3CC(CC(CO)(C3)C1)C2)C(F)(SOO[O-])C(F)(F)F.O=C(OCC12CC3CC(CC(O)(C3)C1)C2)C(F)(SOO[O-])C(F)(F)F.O=C(OCC12CC3CC(CC(O)(C3)C1)C2)C(SOO[O-])(C(F)(F)F)C(F)(F)F. The number of aliphatic hydroxyl groups is 5. The van der Waals surface area contributed by atoms with Crippen molar-refractivity contribution in [3.8, 4) is 0 Å². The Balaban J connectivity index is 0.000000150. The Kier molecular flexibility index (Phi) is 30.7. The van der Waals surface area contributed by atoms with Crippen molar-refractivity contribution >= 4 is 90.1 Å². The fourth-order valence-corrected chi connectivity index (χ4v) is 27.3. The molecule has 30 nitrogen and oxygen atoms in total. The van der Waals surface area contributed by atoms with E-state index >= 15 is 0 Å². The Bertz CT molecular complexity index is 3590. The lowest BCUT2D eigenvalue weighted by atomic mass is 9.44. The summed E-state index contributed by atoms with van der Waals surface area (Å²) in [5.41, 5.74) is -5.17. The van der Waals surface area contributed by atoms with Crippen molar-refractivity contribution in [1.82, 2.24) is 0 Å². The highest BCUT2D eigenvalue weighted by Gasteiger charge is 2.80. The highest BCUT2D eigenvalue weighted by Crippen LogP contribution is 2.69. The van der Waals surface area contributed by atoms with Gasteiger partial charge in [-0.2, -0.15) is 91.9 Å². The molecule has 20 saturated carbocycles. The average molecular weight is 1910 g/mol. The fraction of sp³-hybridized carbons (Fsp3) is 0.929. The van der Waals surface area contributed by atoms with Crippen LogP contribution in [-0.2, 0) is 94.5 Å². The van der Waals surface area contributed by atoms with Gasteiger partial charge in [0.2, 0.25) is 0 Å². The molecule has 13 unspecified atom stereocenters. The molecule has 13 atom stereocenters. The van der Waals surface area contributed by atoms with E-state index in [4.69, 9.17) is 14.2 Å². The number of carbonyl (C=O) groups is 5. The first-order valence-electron chi connectivity index (χ1n) is 39.0. The van der Waals surface area contributed by atoms with Gasteiger partial charge in [0, 0.05) is 33.7 Å². The number of esters is 5. The van der Waals surface area contributed by atoms with Crippen LogP contribution in [0.2, 0.25) is 0 Å². The summed E-state index contributed by atoms with van der Waals surface area (Å²) in [6.45, 7) is -1.80. The Labute approximate surface area is 708 Å². The molecule has 708 valence electrons. The maximum atomic E-state index is 14.2. The summed E-state index contributed by atoms with van der Waals surface area (Å²) in [4.78, 5) is 58.5. The van der Waals surface area contributed by atoms with E-state index in [0.717, 1.165) is 70.6 Å². The minimum Gasteiger partial charge on any atom is -0.691 e. The van der Waals surface area contributed by atoms with Crippen molar-refractivity contribution in [2.24, 2.45) is 104 Å². The molecule has 20 fully saturated rings. The maximum absolute atomic E-state index is 14.2. The number of carbonyl (C=O) groups excluding carboxylic acids is 5. The van der Waals surface area contributed by atoms with Crippen LogP contribution in [0.1, 0.15) is 180 Å². The molecule has 0 aromatic carbocycles. The molecule has 20 aliphatic rings. The summed E-state index contributed by atoms with van der Waals surface area (Å²) in [6, 6.07) is 0. The highest BCUT2D eigenvalue weighted by molar-refractivity contribution is 7.97. The topological polar surface area (TPSA) is 440 Å². The quantitative estimate of drug-likeness (QED) is 0.0108. The Morgan fingerprint density at radius 1 is 0.317 bits per heavy atom. The van der Waals surface area contributed by atoms with Gasteiger partial charge >= 0.3 is 79.8 Å². The number of rotatable bonds is 31. The van der Waals surface area contributed by atoms with E-state index in [2.05, 4.69) is 56.3 Å². The van der Waals surface area contributed by atoms with Gasteiger partial charge in [-0.3, -0.25) is 25.2 Å². The van der Waals surface area contributed by atoms with E-state index in [1.165, 1.54) is 0 Å². The van der Waals surface area contributed by atoms with Gasteiger partial charge in [0.05, 0.1) is 92.6 Å². The Morgan fingerprint density at radius 2 is 0.610 bits per heavy atom. The Morgan fingerprint density at radius 3 is 0.967 bits per heavy atom. The van der Waals surface area contributed by atoms with Crippen LogP contribution in [0.5, 0.6) is 0 Å². The standard InChI is InChI=1S/C15H18F6O6S.C15H20F4O6S.C14H18F4O6S.2C13H18F2O6S/c16-14(17,18)13(15(19,20)21,28-27-26-24)10(22)25-7-11-2-8-1-9(3-11)5-12(23,4-8)6-11;16-14(15(17,18)19,26-25-24-22)11(21)23-8-13-4-9-1-10(5-13)3-12(2-9,6-13)7-20;15-13(14(16,17)18,25-24-23-21)10(19)22-7-11-2-8-1-9(3-11)5-12(20,4-8)6-11;14-13(15,22-21-20-18)11(17)19-6-12-4-7-1-8(5-12)3-9(2-7)10(12)16;14-13(15,22-21-20-18)11(17)19-6-12-3-7-1-8(4-12)10(16)9(2-7)5-12/h8-9,23-24H,1-7H2;9-10,20,22H,1-8H2;8-9,20-21H,1-7H2;2*7-10,16,18H,1-6H2/p-5. The minimum absolute atomic E-state index is 0.0180. The van der Waals surface area contributed by atoms with Crippen molar-refractivity contribution in [2.45, 2.75) is 253 Å². The van der Waals surface area contributed by atoms with Gasteiger partial charge in [-0.15, -0.1) is 0 Å². The zero-order valence-electron chi connectivity index (χ0n) is 64.4. The number of halogens is 18. The molecule has 0 spiro atoms. The Hall–Kier alpha value is -2.96. The van der Waals surface area contributed by atoms with Gasteiger partial charge in [0.15, 0.2) is 0 Å². The van der Waals surface area contributed by atoms with E-state index in [9.17, 15) is 155 Å². The predicted octanol–water partition coefficient (Wildman–Crippen LogP) is 9.13. The molecule has 20 rings (SSSR count). The smallest absolute Gasteiger partial charge is 0.446 e. The van der Waals surface area contributed by atoms with E-state index in [1.54, 1.807) is 0 Å². The second-order valence-corrected chi connectivity index (χ2v) is 41.5. The molecule has 0 saturated heterocycles. The van der Waals surface area contributed by atoms with Gasteiger partial charge in [0.1, 0.15) is 24.1 Å². The molecular formula is C70H87F18O30S5-5. The predicted molar refractivity (Wildman–Crippen MR) is 363 cm³/mol. The third-order valence-electron chi connectivity index (χ3n) is 27.9. The zero-order valence-corrected chi connectivity index (χ0v) is 68.5. The summed E-state index contributed by atoms with van der Waals surface area (Å²) in [5, 5.41) is 96.4. The summed E-state index contributed by atoms with van der Waals surface area (Å²) in [5.74, 6) is -7.30. The van der Waals surface area contributed by atoms with Crippen molar-refractivity contribution in [1.29, 1.82) is 0 Å².